The van der Waals surface area contributed by atoms with Gasteiger partial charge in [-0.15, -0.1) is 0 Å². The average molecular weight is 380 g/mol. The summed E-state index contributed by atoms with van der Waals surface area (Å²) in [6.45, 7) is -0.590. The number of nitrogens with zero attached hydrogens (tertiary/aromatic N) is 2. The fraction of sp³-hybridized carbons (Fsp3) is 0.200. The van der Waals surface area contributed by atoms with Gasteiger partial charge < -0.3 is 20.4 Å². The van der Waals surface area contributed by atoms with Crippen molar-refractivity contribution >= 4 is 21.5 Å². The van der Waals surface area contributed by atoms with E-state index in [0.717, 1.165) is 0 Å². The first-order valence-electron chi connectivity index (χ1n) is 8.63. The summed E-state index contributed by atoms with van der Waals surface area (Å²) in [7, 11) is 0. The molecule has 0 radical (unpaired) electrons. The Morgan fingerprint density at radius 1 is 0.643 bits per heavy atom. The van der Waals surface area contributed by atoms with E-state index >= 15 is 0 Å². The van der Waals surface area contributed by atoms with Crippen molar-refractivity contribution in [2.24, 2.45) is 9.98 Å². The molecule has 4 N–H and O–H groups in total. The van der Waals surface area contributed by atoms with Crippen molar-refractivity contribution in [2.45, 2.75) is 0 Å². The summed E-state index contributed by atoms with van der Waals surface area (Å²) < 4.78 is 0. The van der Waals surface area contributed by atoms with Crippen molar-refractivity contribution in [2.75, 3.05) is 26.3 Å². The van der Waals surface area contributed by atoms with E-state index in [-0.39, 0.29) is 59.3 Å². The minimum atomic E-state index is -0.486. The molecule has 0 unspecified atom stereocenters. The van der Waals surface area contributed by atoms with Crippen molar-refractivity contribution in [3.05, 3.63) is 55.4 Å². The second-order valence-corrected chi connectivity index (χ2v) is 6.40. The zero-order chi connectivity index (χ0) is 20.0. The highest BCUT2D eigenvalue weighted by atomic mass is 16.3. The van der Waals surface area contributed by atoms with Gasteiger partial charge in [-0.3, -0.25) is 19.6 Å². The fourth-order valence-electron chi connectivity index (χ4n) is 3.66. The summed E-state index contributed by atoms with van der Waals surface area (Å²) in [4.78, 5) is 34.4. The Labute approximate surface area is 157 Å². The highest BCUT2D eigenvalue weighted by molar-refractivity contribution is 6.12. The molecule has 142 valence electrons. The maximum absolute atomic E-state index is 13.1. The normalized spacial score (nSPS) is 13.5. The number of phenols is 2. The van der Waals surface area contributed by atoms with E-state index in [1.54, 1.807) is 0 Å². The van der Waals surface area contributed by atoms with Gasteiger partial charge >= 0.3 is 0 Å². The summed E-state index contributed by atoms with van der Waals surface area (Å²) in [5, 5.41) is 39.4. The van der Waals surface area contributed by atoms with E-state index in [1.165, 1.54) is 24.3 Å². The van der Waals surface area contributed by atoms with Crippen molar-refractivity contribution in [1.29, 1.82) is 0 Å². The lowest BCUT2D eigenvalue weighted by Crippen LogP contribution is -2.33. The summed E-state index contributed by atoms with van der Waals surface area (Å²) in [5.41, 5.74) is -0.0971. The smallest absolute Gasteiger partial charge is 0.212 e. The molecule has 0 atom stereocenters. The molecule has 2 aromatic rings. The molecule has 28 heavy (non-hydrogen) atoms. The lowest BCUT2D eigenvalue weighted by Gasteiger charge is -2.17. The second-order valence-electron chi connectivity index (χ2n) is 6.40. The number of phenolic OH excluding ortho intramolecular Hbond substituents is 2. The van der Waals surface area contributed by atoms with Gasteiger partial charge in [0.05, 0.1) is 26.3 Å². The van der Waals surface area contributed by atoms with Gasteiger partial charge in [0, 0.05) is 32.7 Å². The molecule has 0 aromatic heterocycles. The molecular formula is C20H16N2O6. The van der Waals surface area contributed by atoms with Gasteiger partial charge in [0.25, 0.3) is 0 Å². The number of aliphatic hydroxyl groups is 2. The molecule has 2 aliphatic carbocycles. The van der Waals surface area contributed by atoms with E-state index in [1.807, 2.05) is 0 Å². The number of benzene rings is 4. The summed E-state index contributed by atoms with van der Waals surface area (Å²) in [5.74, 6) is -0.419. The Kier molecular flexibility index (Phi) is 4.29. The maximum atomic E-state index is 13.1. The molecule has 0 saturated heterocycles. The molecule has 0 fully saturated rings. The first kappa shape index (κ1) is 18.0. The second kappa shape index (κ2) is 6.66. The molecule has 8 heteroatoms. The van der Waals surface area contributed by atoms with Crippen LogP contribution in [0.3, 0.4) is 0 Å². The molecular weight excluding hydrogens is 364 g/mol. The highest BCUT2D eigenvalue weighted by Gasteiger charge is 2.24. The minimum Gasteiger partial charge on any atom is -0.508 e. The molecule has 4 rings (SSSR count). The number of aliphatic hydroxyl groups excluding tert-OH is 2. The maximum Gasteiger partial charge on any atom is 0.212 e. The number of aromatic hydroxyl groups is 2. The third kappa shape index (κ3) is 2.54. The van der Waals surface area contributed by atoms with Gasteiger partial charge in [0.15, 0.2) is 0 Å². The predicted octanol–water partition coefficient (Wildman–Crippen LogP) is -0.671. The summed E-state index contributed by atoms with van der Waals surface area (Å²) >= 11 is 0. The van der Waals surface area contributed by atoms with Gasteiger partial charge in [-0.1, -0.05) is 0 Å². The summed E-state index contributed by atoms with van der Waals surface area (Å²) in [6.07, 6.45) is 0. The number of hydrogen-bond donors (Lipinski definition) is 4. The Balaban J connectivity index is 2.42. The van der Waals surface area contributed by atoms with Gasteiger partial charge in [-0.05, 0) is 24.3 Å². The summed E-state index contributed by atoms with van der Waals surface area (Å²) in [6, 6.07) is 5.31. The lowest BCUT2D eigenvalue weighted by molar-refractivity contribution is 0.305. The van der Waals surface area contributed by atoms with Crippen molar-refractivity contribution in [3.8, 4) is 22.6 Å². The predicted molar refractivity (Wildman–Crippen MR) is 103 cm³/mol. The van der Waals surface area contributed by atoms with Crippen LogP contribution in [0.5, 0.6) is 11.5 Å². The van der Waals surface area contributed by atoms with E-state index in [0.29, 0.717) is 21.9 Å². The van der Waals surface area contributed by atoms with E-state index in [4.69, 9.17) is 10.2 Å². The van der Waals surface area contributed by atoms with Crippen LogP contribution in [0.2, 0.25) is 0 Å². The molecule has 0 saturated carbocycles. The van der Waals surface area contributed by atoms with Gasteiger partial charge in [-0.25, -0.2) is 0 Å². The monoisotopic (exact) mass is 380 g/mol. The largest absolute Gasteiger partial charge is 0.508 e. The first-order chi connectivity index (χ1) is 13.5. The SMILES string of the molecule is O=c1c(=NCCO)c2cc(O)cc3c2-c2c1cc(O)cc2c(=NCCO)c3=O. The zero-order valence-electron chi connectivity index (χ0n) is 14.6. The zero-order valence-corrected chi connectivity index (χ0v) is 14.6. The fourth-order valence-corrected chi connectivity index (χ4v) is 3.66. The van der Waals surface area contributed by atoms with Crippen LogP contribution >= 0.6 is 0 Å². The highest BCUT2D eigenvalue weighted by Crippen LogP contribution is 2.37. The third-order valence-corrected chi connectivity index (χ3v) is 4.67. The number of hydrogen-bond acceptors (Lipinski definition) is 8. The first-order valence-corrected chi connectivity index (χ1v) is 8.63. The molecule has 2 aliphatic rings. The molecule has 0 heterocycles. The van der Waals surface area contributed by atoms with Crippen LogP contribution in [0.15, 0.2) is 43.8 Å². The van der Waals surface area contributed by atoms with Gasteiger partial charge in [0.2, 0.25) is 10.9 Å². The lowest BCUT2D eigenvalue weighted by atomic mass is 9.86. The van der Waals surface area contributed by atoms with Crippen molar-refractivity contribution < 1.29 is 20.4 Å². The van der Waals surface area contributed by atoms with Crippen LogP contribution in [0, 0.1) is 0 Å². The molecule has 0 amide bonds. The van der Waals surface area contributed by atoms with Crippen molar-refractivity contribution in [3.63, 3.8) is 0 Å². The van der Waals surface area contributed by atoms with Crippen LogP contribution in [0.4, 0.5) is 0 Å². The average Bonchev–Trinajstić information content (AvgIpc) is 2.66. The molecule has 0 aliphatic heterocycles. The van der Waals surface area contributed by atoms with Gasteiger partial charge in [-0.2, -0.15) is 0 Å². The van der Waals surface area contributed by atoms with Crippen LogP contribution in [0.1, 0.15) is 0 Å². The molecule has 0 spiro atoms. The van der Waals surface area contributed by atoms with Crippen LogP contribution < -0.4 is 21.6 Å². The number of rotatable bonds is 4. The quantitative estimate of drug-likeness (QED) is 0.346. The van der Waals surface area contributed by atoms with E-state index in [2.05, 4.69) is 9.98 Å². The van der Waals surface area contributed by atoms with Gasteiger partial charge in [0.1, 0.15) is 22.2 Å². The molecule has 8 nitrogen and oxygen atoms in total. The van der Waals surface area contributed by atoms with Crippen LogP contribution in [-0.4, -0.2) is 46.7 Å². The standard InChI is InChI=1S/C20H16N2O6/c23-3-1-21-17-11-5-9(25)8-14-15(11)16-12(18(20(14)28)22-2-4-24)6-10(26)7-13(16)19(17)27/h5-8,23-26H,1-4H2. The third-order valence-electron chi connectivity index (χ3n) is 4.67. The molecule has 2 aromatic carbocycles. The molecule has 0 bridgehead atoms. The van der Waals surface area contributed by atoms with E-state index in [9.17, 15) is 19.8 Å². The minimum absolute atomic E-state index is 0.00815. The topological polar surface area (TPSA) is 140 Å². The van der Waals surface area contributed by atoms with Crippen LogP contribution in [0.25, 0.3) is 32.7 Å². The van der Waals surface area contributed by atoms with Crippen LogP contribution in [-0.2, 0) is 0 Å². The van der Waals surface area contributed by atoms with Crippen molar-refractivity contribution in [1.82, 2.24) is 0 Å². The Morgan fingerprint density at radius 2 is 1.00 bits per heavy atom. The Morgan fingerprint density at radius 3 is 1.36 bits per heavy atom. The van der Waals surface area contributed by atoms with E-state index < -0.39 is 10.9 Å². The Hall–Kier alpha value is -3.36. The Bertz CT molecular complexity index is 1290.